The maximum Gasteiger partial charge on any atom is 0.312 e. The molecule has 2 heterocycles. The largest absolute Gasteiger partial charge is 0.481 e. The summed E-state index contributed by atoms with van der Waals surface area (Å²) in [6.07, 6.45) is 1.43. The molecule has 0 amide bonds. The van der Waals surface area contributed by atoms with E-state index in [1.54, 1.807) is 6.92 Å². The van der Waals surface area contributed by atoms with Gasteiger partial charge in [0.15, 0.2) is 11.0 Å². The number of aromatic nitrogens is 3. The van der Waals surface area contributed by atoms with Crippen LogP contribution in [0.4, 0.5) is 5.13 Å². The third kappa shape index (κ3) is 2.30. The molecule has 0 aliphatic heterocycles. The van der Waals surface area contributed by atoms with Crippen LogP contribution >= 0.6 is 11.3 Å². The van der Waals surface area contributed by atoms with Gasteiger partial charge in [0.1, 0.15) is 5.92 Å². The Morgan fingerprint density at radius 3 is 3.11 bits per heavy atom. The van der Waals surface area contributed by atoms with Gasteiger partial charge < -0.3 is 14.9 Å². The van der Waals surface area contributed by atoms with Gasteiger partial charge in [0.05, 0.1) is 12.2 Å². The number of hydrogen-bond donors (Lipinski definition) is 2. The lowest BCUT2D eigenvalue weighted by atomic mass is 10.1. The van der Waals surface area contributed by atoms with Crippen LogP contribution in [-0.4, -0.2) is 26.2 Å². The van der Waals surface area contributed by atoms with Gasteiger partial charge in [0, 0.05) is 4.88 Å². The predicted molar refractivity (Wildman–Crippen MR) is 67.2 cm³/mol. The minimum Gasteiger partial charge on any atom is -0.481 e. The van der Waals surface area contributed by atoms with Gasteiger partial charge in [0.2, 0.25) is 5.89 Å². The highest BCUT2D eigenvalue weighted by Gasteiger charge is 2.32. The maximum absolute atomic E-state index is 11.1. The molecule has 1 unspecified atom stereocenters. The Hall–Kier alpha value is -1.96. The van der Waals surface area contributed by atoms with Crippen molar-refractivity contribution < 1.29 is 14.4 Å². The number of aryl methyl sites for hydroxylation is 2. The number of rotatable bonds is 4. The van der Waals surface area contributed by atoms with E-state index in [4.69, 9.17) is 9.63 Å². The summed E-state index contributed by atoms with van der Waals surface area (Å²) in [5, 5.41) is 16.6. The van der Waals surface area contributed by atoms with Crippen LogP contribution < -0.4 is 5.32 Å². The van der Waals surface area contributed by atoms with Crippen molar-refractivity contribution in [2.75, 3.05) is 5.32 Å². The molecule has 1 aliphatic carbocycles. The number of thiazole rings is 1. The van der Waals surface area contributed by atoms with Crippen molar-refractivity contribution in [2.45, 2.75) is 32.2 Å². The number of hydrogen-bond acceptors (Lipinski definition) is 7. The second-order valence-corrected chi connectivity index (χ2v) is 5.43. The number of carboxylic acid groups (broad SMARTS) is 1. The minimum atomic E-state index is -0.803. The zero-order chi connectivity index (χ0) is 13.4. The normalized spacial score (nSPS) is 17.4. The van der Waals surface area contributed by atoms with Crippen LogP contribution in [0.15, 0.2) is 4.52 Å². The summed E-state index contributed by atoms with van der Waals surface area (Å²) in [4.78, 5) is 20.5. The van der Waals surface area contributed by atoms with Gasteiger partial charge in [-0.2, -0.15) is 4.98 Å². The van der Waals surface area contributed by atoms with E-state index in [-0.39, 0.29) is 0 Å². The van der Waals surface area contributed by atoms with Crippen LogP contribution in [0.3, 0.4) is 0 Å². The van der Waals surface area contributed by atoms with E-state index >= 15 is 0 Å². The smallest absolute Gasteiger partial charge is 0.312 e. The van der Waals surface area contributed by atoms with E-state index in [9.17, 15) is 4.79 Å². The summed E-state index contributed by atoms with van der Waals surface area (Å²) < 4.78 is 4.98. The quantitative estimate of drug-likeness (QED) is 0.876. The van der Waals surface area contributed by atoms with Gasteiger partial charge in [-0.15, -0.1) is 11.3 Å². The molecule has 7 nitrogen and oxygen atoms in total. The topological polar surface area (TPSA) is 101 Å². The van der Waals surface area contributed by atoms with Gasteiger partial charge >= 0.3 is 5.97 Å². The Bertz CT molecular complexity index is 621. The van der Waals surface area contributed by atoms with Crippen molar-refractivity contribution in [3.63, 3.8) is 0 Å². The first-order chi connectivity index (χ1) is 9.13. The lowest BCUT2D eigenvalue weighted by molar-refractivity contribution is -0.138. The molecule has 3 rings (SSSR count). The Balaban J connectivity index is 1.70. The first-order valence-corrected chi connectivity index (χ1v) is 6.70. The van der Waals surface area contributed by atoms with Gasteiger partial charge in [-0.1, -0.05) is 5.16 Å². The van der Waals surface area contributed by atoms with Gasteiger partial charge in [0.25, 0.3) is 0 Å². The highest BCUT2D eigenvalue weighted by molar-refractivity contribution is 7.15. The summed E-state index contributed by atoms with van der Waals surface area (Å²) in [5.41, 5.74) is 0.696. The SMILES string of the molecule is Cc1noc(CNc2nc3c(s2)CCC3C(=O)O)n1. The number of carboxylic acids is 1. The molecule has 2 aromatic heterocycles. The van der Waals surface area contributed by atoms with Crippen molar-refractivity contribution in [2.24, 2.45) is 0 Å². The fourth-order valence-electron chi connectivity index (χ4n) is 2.11. The number of aliphatic carboxylic acids is 1. The Morgan fingerprint density at radius 1 is 1.58 bits per heavy atom. The average Bonchev–Trinajstić information content (AvgIpc) is 3.00. The Kier molecular flexibility index (Phi) is 2.94. The molecule has 0 radical (unpaired) electrons. The summed E-state index contributed by atoms with van der Waals surface area (Å²) in [7, 11) is 0. The molecule has 1 aliphatic rings. The third-order valence-electron chi connectivity index (χ3n) is 2.98. The standard InChI is InChI=1S/C11H12N4O3S/c1-5-13-8(18-15-5)4-12-11-14-9-6(10(16)17)2-3-7(9)19-11/h6H,2-4H2,1H3,(H,12,14)(H,16,17). The predicted octanol–water partition coefficient (Wildman–Crippen LogP) is 1.56. The second kappa shape index (κ2) is 4.61. The van der Waals surface area contributed by atoms with Gasteiger partial charge in [-0.05, 0) is 19.8 Å². The molecule has 8 heteroatoms. The average molecular weight is 280 g/mol. The first kappa shape index (κ1) is 12.1. The Labute approximate surface area is 112 Å². The number of anilines is 1. The summed E-state index contributed by atoms with van der Waals surface area (Å²) in [6.45, 7) is 2.15. The van der Waals surface area contributed by atoms with Crippen LogP contribution in [0.1, 0.15) is 34.6 Å². The minimum absolute atomic E-state index is 0.394. The third-order valence-corrected chi connectivity index (χ3v) is 4.06. The lowest BCUT2D eigenvalue weighted by Gasteiger charge is -2.01. The Morgan fingerprint density at radius 2 is 2.42 bits per heavy atom. The van der Waals surface area contributed by atoms with Gasteiger partial charge in [-0.3, -0.25) is 4.79 Å². The van der Waals surface area contributed by atoms with Crippen molar-refractivity contribution in [3.8, 4) is 0 Å². The van der Waals surface area contributed by atoms with Crippen molar-refractivity contribution in [1.82, 2.24) is 15.1 Å². The summed E-state index contributed by atoms with van der Waals surface area (Å²) >= 11 is 1.49. The number of nitrogens with one attached hydrogen (secondary N) is 1. The molecule has 0 fully saturated rings. The molecule has 0 saturated carbocycles. The van der Waals surface area contributed by atoms with E-state index in [1.165, 1.54) is 11.3 Å². The van der Waals surface area contributed by atoms with Crippen molar-refractivity contribution >= 4 is 22.4 Å². The van der Waals surface area contributed by atoms with E-state index in [0.29, 0.717) is 35.5 Å². The molecule has 0 spiro atoms. The number of carbonyl (C=O) groups is 1. The van der Waals surface area contributed by atoms with E-state index in [1.807, 2.05) is 0 Å². The zero-order valence-corrected chi connectivity index (χ0v) is 11.0. The fraction of sp³-hybridized carbons (Fsp3) is 0.455. The fourth-order valence-corrected chi connectivity index (χ4v) is 3.14. The zero-order valence-electron chi connectivity index (χ0n) is 10.2. The molecule has 1 atom stereocenters. The molecule has 0 saturated heterocycles. The number of fused-ring (bicyclic) bond motifs is 1. The van der Waals surface area contributed by atoms with Crippen LogP contribution in [-0.2, 0) is 17.8 Å². The molecule has 0 aromatic carbocycles. The van der Waals surface area contributed by atoms with E-state index < -0.39 is 11.9 Å². The monoisotopic (exact) mass is 280 g/mol. The molecule has 100 valence electrons. The van der Waals surface area contributed by atoms with Crippen LogP contribution in [0.25, 0.3) is 0 Å². The molecular weight excluding hydrogens is 268 g/mol. The summed E-state index contributed by atoms with van der Waals surface area (Å²) in [6, 6.07) is 0. The molecule has 19 heavy (non-hydrogen) atoms. The molecular formula is C11H12N4O3S. The molecule has 0 bridgehead atoms. The molecule has 2 N–H and O–H groups in total. The van der Waals surface area contributed by atoms with Crippen LogP contribution in [0.2, 0.25) is 0 Å². The highest BCUT2D eigenvalue weighted by Crippen LogP contribution is 2.38. The lowest BCUT2D eigenvalue weighted by Crippen LogP contribution is -2.09. The first-order valence-electron chi connectivity index (χ1n) is 5.89. The number of nitrogens with zero attached hydrogens (tertiary/aromatic N) is 3. The van der Waals surface area contributed by atoms with E-state index in [2.05, 4.69) is 20.4 Å². The van der Waals surface area contributed by atoms with Crippen LogP contribution in [0, 0.1) is 6.92 Å². The molecule has 2 aromatic rings. The van der Waals surface area contributed by atoms with Crippen molar-refractivity contribution in [3.05, 3.63) is 22.3 Å². The maximum atomic E-state index is 11.1. The summed E-state index contributed by atoms with van der Waals surface area (Å²) in [5.74, 6) is -0.192. The second-order valence-electron chi connectivity index (χ2n) is 4.35. The highest BCUT2D eigenvalue weighted by atomic mass is 32.1. The van der Waals surface area contributed by atoms with Crippen molar-refractivity contribution in [1.29, 1.82) is 0 Å². The van der Waals surface area contributed by atoms with E-state index in [0.717, 1.165) is 11.3 Å². The van der Waals surface area contributed by atoms with Gasteiger partial charge in [-0.25, -0.2) is 4.98 Å². The van der Waals surface area contributed by atoms with Crippen LogP contribution in [0.5, 0.6) is 0 Å².